The van der Waals surface area contributed by atoms with Gasteiger partial charge in [-0.05, 0) is 50.4 Å². The van der Waals surface area contributed by atoms with E-state index in [2.05, 4.69) is 11.0 Å². The van der Waals surface area contributed by atoms with Crippen molar-refractivity contribution >= 4 is 0 Å². The summed E-state index contributed by atoms with van der Waals surface area (Å²) in [7, 11) is 0. The molecule has 124 valence electrons. The average molecular weight is 318 g/mol. The highest BCUT2D eigenvalue weighted by Crippen LogP contribution is 2.36. The van der Waals surface area contributed by atoms with Crippen LogP contribution in [0.25, 0.3) is 0 Å². The van der Waals surface area contributed by atoms with Gasteiger partial charge in [0.1, 0.15) is 5.82 Å². The van der Waals surface area contributed by atoms with Crippen molar-refractivity contribution in [1.29, 1.82) is 5.26 Å². The Morgan fingerprint density at radius 3 is 3.09 bits per heavy atom. The molecule has 3 rings (SSSR count). The van der Waals surface area contributed by atoms with E-state index in [0.717, 1.165) is 24.9 Å². The first-order chi connectivity index (χ1) is 11.0. The van der Waals surface area contributed by atoms with Crippen molar-refractivity contribution in [3.63, 3.8) is 0 Å². The van der Waals surface area contributed by atoms with Crippen LogP contribution in [0.1, 0.15) is 37.3 Å². The van der Waals surface area contributed by atoms with Gasteiger partial charge in [-0.15, -0.1) is 0 Å². The first-order valence-electron chi connectivity index (χ1n) is 8.24. The summed E-state index contributed by atoms with van der Waals surface area (Å²) in [5.74, 6) is -0.309. The van der Waals surface area contributed by atoms with Crippen LogP contribution in [0, 0.1) is 23.1 Å². The third-order valence-corrected chi connectivity index (χ3v) is 5.29. The van der Waals surface area contributed by atoms with Gasteiger partial charge in [-0.2, -0.15) is 5.26 Å². The molecule has 2 fully saturated rings. The molecule has 0 amide bonds. The van der Waals surface area contributed by atoms with Crippen molar-refractivity contribution in [2.24, 2.45) is 5.92 Å². The predicted molar refractivity (Wildman–Crippen MR) is 84.1 cm³/mol. The highest BCUT2D eigenvalue weighted by molar-refractivity contribution is 5.38. The standard InChI is InChI=1S/C18H23FN2O2/c1-18(22)6-8-23-12-16(18)17-3-2-7-21(17)11-13-4-5-15(19)9-14(13)10-20/h4-5,9,16-17,22H,2-3,6-8,11-12H2,1H3/t16-,17-,18+/m1/s1. The van der Waals surface area contributed by atoms with Gasteiger partial charge in [-0.3, -0.25) is 4.90 Å². The van der Waals surface area contributed by atoms with Gasteiger partial charge in [0.05, 0.1) is 23.8 Å². The number of hydrogen-bond acceptors (Lipinski definition) is 4. The Kier molecular flexibility index (Phi) is 4.67. The lowest BCUT2D eigenvalue weighted by Gasteiger charge is -2.43. The molecule has 1 aromatic carbocycles. The largest absolute Gasteiger partial charge is 0.390 e. The van der Waals surface area contributed by atoms with Gasteiger partial charge in [0.15, 0.2) is 0 Å². The zero-order chi connectivity index (χ0) is 16.4. The zero-order valence-electron chi connectivity index (χ0n) is 13.5. The Morgan fingerprint density at radius 1 is 1.52 bits per heavy atom. The Morgan fingerprint density at radius 2 is 2.35 bits per heavy atom. The van der Waals surface area contributed by atoms with E-state index in [4.69, 9.17) is 4.74 Å². The van der Waals surface area contributed by atoms with E-state index in [1.807, 2.05) is 6.92 Å². The molecule has 1 N–H and O–H groups in total. The lowest BCUT2D eigenvalue weighted by atomic mass is 9.79. The maximum atomic E-state index is 13.3. The summed E-state index contributed by atoms with van der Waals surface area (Å²) in [6.07, 6.45) is 2.75. The smallest absolute Gasteiger partial charge is 0.124 e. The summed E-state index contributed by atoms with van der Waals surface area (Å²) in [5.41, 5.74) is 0.520. The van der Waals surface area contributed by atoms with Crippen LogP contribution in [0.4, 0.5) is 4.39 Å². The molecule has 0 spiro atoms. The molecular formula is C18H23FN2O2. The zero-order valence-corrected chi connectivity index (χ0v) is 13.5. The van der Waals surface area contributed by atoms with Crippen LogP contribution in [0.15, 0.2) is 18.2 Å². The first-order valence-corrected chi connectivity index (χ1v) is 8.24. The number of rotatable bonds is 3. The molecule has 23 heavy (non-hydrogen) atoms. The molecule has 0 bridgehead atoms. The van der Waals surface area contributed by atoms with Crippen LogP contribution < -0.4 is 0 Å². The van der Waals surface area contributed by atoms with Crippen LogP contribution in [0.2, 0.25) is 0 Å². The van der Waals surface area contributed by atoms with Crippen LogP contribution in [-0.2, 0) is 11.3 Å². The molecule has 2 aliphatic heterocycles. The van der Waals surface area contributed by atoms with Gasteiger partial charge in [0, 0.05) is 25.1 Å². The monoisotopic (exact) mass is 318 g/mol. The molecule has 0 unspecified atom stereocenters. The van der Waals surface area contributed by atoms with E-state index >= 15 is 0 Å². The lowest BCUT2D eigenvalue weighted by molar-refractivity contribution is -0.123. The molecule has 0 aliphatic carbocycles. The summed E-state index contributed by atoms with van der Waals surface area (Å²) in [6.45, 7) is 4.62. The molecular weight excluding hydrogens is 295 g/mol. The molecule has 5 heteroatoms. The van der Waals surface area contributed by atoms with Crippen LogP contribution in [0.5, 0.6) is 0 Å². The summed E-state index contributed by atoms with van der Waals surface area (Å²) in [5, 5.41) is 19.9. The molecule has 2 heterocycles. The number of likely N-dealkylation sites (tertiary alicyclic amines) is 1. The van der Waals surface area contributed by atoms with E-state index in [1.54, 1.807) is 6.07 Å². The Labute approximate surface area is 136 Å². The fourth-order valence-corrected chi connectivity index (χ4v) is 3.89. The highest BCUT2D eigenvalue weighted by Gasteiger charge is 2.44. The van der Waals surface area contributed by atoms with Gasteiger partial charge >= 0.3 is 0 Å². The second-order valence-corrected chi connectivity index (χ2v) is 6.88. The van der Waals surface area contributed by atoms with E-state index in [9.17, 15) is 14.8 Å². The van der Waals surface area contributed by atoms with E-state index < -0.39 is 5.60 Å². The summed E-state index contributed by atoms with van der Waals surface area (Å²) < 4.78 is 18.9. The normalized spacial score (nSPS) is 31.9. The quantitative estimate of drug-likeness (QED) is 0.930. The summed E-state index contributed by atoms with van der Waals surface area (Å²) >= 11 is 0. The molecule has 3 atom stereocenters. The van der Waals surface area contributed by atoms with Gasteiger partial charge in [-0.1, -0.05) is 6.07 Å². The fourth-order valence-electron chi connectivity index (χ4n) is 3.89. The Bertz CT molecular complexity index is 612. The number of aliphatic hydroxyl groups is 1. The number of hydrogen-bond donors (Lipinski definition) is 1. The van der Waals surface area contributed by atoms with Crippen molar-refractivity contribution in [3.05, 3.63) is 35.1 Å². The molecule has 2 saturated heterocycles. The minimum atomic E-state index is -0.716. The number of halogens is 1. The van der Waals surface area contributed by atoms with Crippen molar-refractivity contribution in [3.8, 4) is 6.07 Å². The highest BCUT2D eigenvalue weighted by atomic mass is 19.1. The molecule has 0 aromatic heterocycles. The molecule has 4 nitrogen and oxygen atoms in total. The lowest BCUT2D eigenvalue weighted by Crippen LogP contribution is -2.52. The van der Waals surface area contributed by atoms with Gasteiger partial charge < -0.3 is 9.84 Å². The fraction of sp³-hybridized carbons (Fsp3) is 0.611. The Balaban J connectivity index is 1.79. The molecule has 0 saturated carbocycles. The molecule has 2 aliphatic rings. The number of ether oxygens (including phenoxy) is 1. The van der Waals surface area contributed by atoms with Crippen molar-refractivity contribution in [2.75, 3.05) is 19.8 Å². The number of benzene rings is 1. The van der Waals surface area contributed by atoms with Crippen LogP contribution in [0.3, 0.4) is 0 Å². The average Bonchev–Trinajstić information content (AvgIpc) is 2.96. The van der Waals surface area contributed by atoms with Gasteiger partial charge in [0.2, 0.25) is 0 Å². The maximum absolute atomic E-state index is 13.3. The third-order valence-electron chi connectivity index (χ3n) is 5.29. The third kappa shape index (κ3) is 3.40. The van der Waals surface area contributed by atoms with Crippen molar-refractivity contribution in [1.82, 2.24) is 4.90 Å². The SMILES string of the molecule is C[C@]1(O)CCOC[C@@H]1[C@H]1CCCN1Cc1ccc(F)cc1C#N. The summed E-state index contributed by atoms with van der Waals surface area (Å²) in [4.78, 5) is 2.31. The maximum Gasteiger partial charge on any atom is 0.124 e. The van der Waals surface area contributed by atoms with Crippen LogP contribution >= 0.6 is 0 Å². The molecule has 1 aromatic rings. The summed E-state index contributed by atoms with van der Waals surface area (Å²) in [6, 6.07) is 6.71. The van der Waals surface area contributed by atoms with Gasteiger partial charge in [-0.25, -0.2) is 4.39 Å². The van der Waals surface area contributed by atoms with Crippen molar-refractivity contribution < 1.29 is 14.2 Å². The van der Waals surface area contributed by atoms with E-state index in [0.29, 0.717) is 31.7 Å². The molecule has 0 radical (unpaired) electrons. The minimum Gasteiger partial charge on any atom is -0.390 e. The van der Waals surface area contributed by atoms with Gasteiger partial charge in [0.25, 0.3) is 0 Å². The topological polar surface area (TPSA) is 56.5 Å². The van der Waals surface area contributed by atoms with E-state index in [1.165, 1.54) is 12.1 Å². The predicted octanol–water partition coefficient (Wildman–Crippen LogP) is 2.45. The second kappa shape index (κ2) is 6.56. The van der Waals surface area contributed by atoms with Crippen molar-refractivity contribution in [2.45, 2.75) is 44.4 Å². The van der Waals surface area contributed by atoms with Crippen LogP contribution in [-0.4, -0.2) is 41.4 Å². The van der Waals surface area contributed by atoms with E-state index in [-0.39, 0.29) is 17.8 Å². The number of nitrogens with zero attached hydrogens (tertiary/aromatic N) is 2. The Hall–Kier alpha value is -1.48. The second-order valence-electron chi connectivity index (χ2n) is 6.88. The minimum absolute atomic E-state index is 0.0738. The first kappa shape index (κ1) is 16.4. The number of nitriles is 1.